The van der Waals surface area contributed by atoms with Gasteiger partial charge in [0.05, 0.1) is 31.1 Å². The van der Waals surface area contributed by atoms with Crippen molar-refractivity contribution in [3.05, 3.63) is 175 Å². The highest BCUT2D eigenvalue weighted by Gasteiger charge is 2.68. The molecule has 3 nitrogen and oxygen atoms in total. The minimum Gasteiger partial charge on any atom is -0.204 e. The van der Waals surface area contributed by atoms with Gasteiger partial charge in [-0.2, -0.15) is 8.43 Å². The molecule has 0 N–H and O–H groups in total. The van der Waals surface area contributed by atoms with Gasteiger partial charge in [-0.15, -0.1) is 0 Å². The van der Waals surface area contributed by atoms with E-state index >= 15 is 105 Å². The number of halogens is 30. The molecule has 6 aromatic rings. The Balaban J connectivity index is 2.02. The molecule has 0 radical (unpaired) electrons. The third-order valence-electron chi connectivity index (χ3n) is 9.79. The average Bonchev–Trinajstić information content (AvgIpc) is 3.33. The summed E-state index contributed by atoms with van der Waals surface area (Å²) < 4.78 is 483. The lowest BCUT2D eigenvalue weighted by atomic mass is 10.3. The Kier molecular flexibility index (Phi) is 14.2. The molecular formula is C36F30O3PSi2+. The van der Waals surface area contributed by atoms with E-state index in [9.17, 15) is 30.9 Å². The second-order valence-corrected chi connectivity index (χ2v) is 21.1. The predicted molar refractivity (Wildman–Crippen MR) is 176 cm³/mol. The molecule has 36 heteroatoms. The normalized spacial score (nSPS) is 12.2. The van der Waals surface area contributed by atoms with Crippen LogP contribution in [0, 0.1) is 175 Å². The topological polar surface area (TPSA) is 35.5 Å². The maximum absolute atomic E-state index is 16.1. The molecule has 0 fully saturated rings. The molecule has 0 amide bonds. The minimum absolute atomic E-state index is 3.64. The van der Waals surface area contributed by atoms with Gasteiger partial charge in [-0.1, -0.05) is 0 Å². The first-order valence-electron chi connectivity index (χ1n) is 17.1. The van der Waals surface area contributed by atoms with Crippen LogP contribution >= 0.6 is 8.25 Å². The van der Waals surface area contributed by atoms with Gasteiger partial charge < -0.3 is 0 Å². The van der Waals surface area contributed by atoms with Gasteiger partial charge in [-0.05, 0) is 0 Å². The van der Waals surface area contributed by atoms with E-state index in [1.165, 1.54) is 0 Å². The lowest BCUT2D eigenvalue weighted by Gasteiger charge is -2.31. The lowest BCUT2D eigenvalue weighted by Crippen LogP contribution is -2.76. The van der Waals surface area contributed by atoms with Crippen LogP contribution in [0.5, 0.6) is 0 Å². The van der Waals surface area contributed by atoms with Crippen LogP contribution in [0.2, 0.25) is 0 Å². The molecule has 0 aliphatic rings. The molecule has 0 bridgehead atoms. The predicted octanol–water partition coefficient (Wildman–Crippen LogP) is 9.18. The highest BCUT2D eigenvalue weighted by Crippen LogP contribution is 2.40. The van der Waals surface area contributed by atoms with E-state index in [-0.39, 0.29) is 0 Å². The highest BCUT2D eigenvalue weighted by atomic mass is 31.1. The molecule has 6 rings (SSSR count). The fourth-order valence-electron chi connectivity index (χ4n) is 6.75. The molecular weight excluding hydrogens is 1140 g/mol. The summed E-state index contributed by atoms with van der Waals surface area (Å²) >= 11 is 0. The SMILES string of the molecule is O=[P+](O[Si](c1c(F)c(F)c(F)c(F)c1F)(c1c(F)c(F)c(F)c(F)c1F)c1c(F)c(F)c(F)c(F)c1F)O[Si](c1c(F)c(F)c(F)c(F)c1F)(c1c(F)c(F)c(F)c(F)c1F)c1c(F)c(F)c(F)c(F)c1F. The molecule has 0 spiro atoms. The van der Waals surface area contributed by atoms with Crippen LogP contribution in [0.4, 0.5) is 132 Å². The zero-order valence-corrected chi connectivity index (χ0v) is 34.9. The van der Waals surface area contributed by atoms with Crippen molar-refractivity contribution in [2.75, 3.05) is 0 Å². The van der Waals surface area contributed by atoms with E-state index in [0.29, 0.717) is 0 Å². The van der Waals surface area contributed by atoms with Gasteiger partial charge in [0.15, 0.2) is 140 Å². The van der Waals surface area contributed by atoms with E-state index in [4.69, 9.17) is 0 Å². The summed E-state index contributed by atoms with van der Waals surface area (Å²) in [6.07, 6.45) is 0. The molecule has 384 valence electrons. The largest absolute Gasteiger partial charge is 0.675 e. The van der Waals surface area contributed by atoms with Crippen LogP contribution in [0.25, 0.3) is 0 Å². The second-order valence-electron chi connectivity index (χ2n) is 13.4. The minimum atomic E-state index is -9.35. The Bertz CT molecular complexity index is 2700. The van der Waals surface area contributed by atoms with Crippen LogP contribution in [0.1, 0.15) is 0 Å². The summed E-state index contributed by atoms with van der Waals surface area (Å²) in [5, 5.41) is -23.7. The van der Waals surface area contributed by atoms with Gasteiger partial charge >= 0.3 is 24.9 Å². The van der Waals surface area contributed by atoms with E-state index in [1.807, 2.05) is 0 Å². The van der Waals surface area contributed by atoms with Crippen LogP contribution in [-0.4, -0.2) is 16.6 Å². The third-order valence-corrected chi connectivity index (χ3v) is 20.0. The molecule has 0 aliphatic heterocycles. The molecule has 0 aromatic heterocycles. The molecule has 0 saturated heterocycles. The van der Waals surface area contributed by atoms with Crippen molar-refractivity contribution in [3.63, 3.8) is 0 Å². The van der Waals surface area contributed by atoms with Crippen molar-refractivity contribution >= 4 is 56.0 Å². The van der Waals surface area contributed by atoms with Crippen LogP contribution in [0.15, 0.2) is 0 Å². The van der Waals surface area contributed by atoms with Gasteiger partial charge in [-0.25, -0.2) is 132 Å². The number of hydrogen-bond donors (Lipinski definition) is 0. The molecule has 0 heterocycles. The van der Waals surface area contributed by atoms with E-state index in [2.05, 4.69) is 8.43 Å². The Morgan fingerprint density at radius 3 is 0.361 bits per heavy atom. The number of rotatable bonds is 10. The van der Waals surface area contributed by atoms with Crippen LogP contribution in [-0.2, 0) is 13.0 Å². The maximum Gasteiger partial charge on any atom is 0.675 e. The standard InChI is InChI=1S/C36F30O3PSi2/c37-1-7(43)19(55)31(20(56)8(1)44)71(32-21(57)9(45)2(38)10(46)22(32)58,33-23(59)11(47)3(39)12(48)24(33)60)68-70(67)69-72(34-25(61)13(49)4(40)14(50)26(34)62,35-27(63)15(51)5(41)16(52)28(35)64)36-29(65)17(53)6(42)18(54)30(36)66/q+1. The quantitative estimate of drug-likeness (QED) is 0.0343. The van der Waals surface area contributed by atoms with E-state index in [0.717, 1.165) is 0 Å². The Morgan fingerprint density at radius 2 is 0.264 bits per heavy atom. The maximum atomic E-state index is 16.1. The first kappa shape index (κ1) is 55.0. The van der Waals surface area contributed by atoms with E-state index < -0.39 is 231 Å². The number of hydrogen-bond acceptors (Lipinski definition) is 3. The van der Waals surface area contributed by atoms with Gasteiger partial charge in [0, 0.05) is 4.57 Å². The Hall–Kier alpha value is -6.33. The second kappa shape index (κ2) is 18.6. The van der Waals surface area contributed by atoms with Crippen LogP contribution < -0.4 is 31.1 Å². The summed E-state index contributed by atoms with van der Waals surface area (Å²) in [4.78, 5) is 0. The smallest absolute Gasteiger partial charge is 0.204 e. The first-order valence-corrected chi connectivity index (χ1v) is 22.0. The number of benzene rings is 6. The molecule has 0 saturated carbocycles. The monoisotopic (exact) mass is 1140 g/mol. The van der Waals surface area contributed by atoms with Gasteiger partial charge in [-0.3, -0.25) is 0 Å². The fraction of sp³-hybridized carbons (Fsp3) is 0. The summed E-state index contributed by atoms with van der Waals surface area (Å²) in [5.41, 5.74) is 0. The van der Waals surface area contributed by atoms with Crippen molar-refractivity contribution in [1.82, 2.24) is 0 Å². The van der Waals surface area contributed by atoms with Crippen molar-refractivity contribution in [2.24, 2.45) is 0 Å². The van der Waals surface area contributed by atoms with Crippen molar-refractivity contribution in [3.8, 4) is 0 Å². The Morgan fingerprint density at radius 1 is 0.181 bits per heavy atom. The zero-order valence-electron chi connectivity index (χ0n) is 32.0. The molecule has 6 aromatic carbocycles. The Labute approximate surface area is 375 Å². The van der Waals surface area contributed by atoms with Gasteiger partial charge in [0.1, 0.15) is 0 Å². The summed E-state index contributed by atoms with van der Waals surface area (Å²) in [7, 11) is -25.7. The van der Waals surface area contributed by atoms with Crippen molar-refractivity contribution < 1.29 is 145 Å². The third kappa shape index (κ3) is 7.41. The molecule has 0 aliphatic carbocycles. The summed E-state index contributed by atoms with van der Waals surface area (Å²) in [6, 6.07) is 0. The fourth-order valence-corrected chi connectivity index (χ4v) is 17.7. The lowest BCUT2D eigenvalue weighted by molar-refractivity contribution is 0.367. The van der Waals surface area contributed by atoms with Crippen molar-refractivity contribution in [1.29, 1.82) is 0 Å². The molecule has 0 unspecified atom stereocenters. The molecule has 0 atom stereocenters. The first-order chi connectivity index (χ1) is 33.2. The van der Waals surface area contributed by atoms with Crippen molar-refractivity contribution in [2.45, 2.75) is 0 Å². The highest BCUT2D eigenvalue weighted by molar-refractivity contribution is 7.42. The zero-order chi connectivity index (χ0) is 54.8. The van der Waals surface area contributed by atoms with Crippen LogP contribution in [0.3, 0.4) is 0 Å². The van der Waals surface area contributed by atoms with Gasteiger partial charge in [0.25, 0.3) is 0 Å². The summed E-state index contributed by atoms with van der Waals surface area (Å²) in [6.45, 7) is 0. The summed E-state index contributed by atoms with van der Waals surface area (Å²) in [5.74, 6) is -117. The van der Waals surface area contributed by atoms with Gasteiger partial charge in [0.2, 0.25) is 34.9 Å². The van der Waals surface area contributed by atoms with E-state index in [1.54, 1.807) is 0 Å². The average molecular weight is 1140 g/mol. The molecule has 72 heavy (non-hydrogen) atoms.